The highest BCUT2D eigenvalue weighted by Gasteiger charge is 2.13. The number of carbonyl (C=O) groups is 1. The molecule has 3 N–H and O–H groups in total. The highest BCUT2D eigenvalue weighted by atomic mass is 35.5. The summed E-state index contributed by atoms with van der Waals surface area (Å²) >= 11 is 11.7. The van der Waals surface area contributed by atoms with Crippen LogP contribution in [0.1, 0.15) is 6.92 Å². The second-order valence-electron chi connectivity index (χ2n) is 3.51. The maximum Gasteiger partial charge on any atom is 0.241 e. The van der Waals surface area contributed by atoms with Gasteiger partial charge in [0.1, 0.15) is 0 Å². The Hall–Kier alpha value is -0.810. The van der Waals surface area contributed by atoms with E-state index in [4.69, 9.17) is 28.3 Å². The van der Waals surface area contributed by atoms with Crippen LogP contribution in [0.15, 0.2) is 18.2 Å². The van der Waals surface area contributed by atoms with Gasteiger partial charge in [0.2, 0.25) is 5.91 Å². The Morgan fingerprint density at radius 1 is 1.47 bits per heavy atom. The lowest BCUT2D eigenvalue weighted by Gasteiger charge is -2.14. The van der Waals surface area contributed by atoms with Crippen molar-refractivity contribution in [2.75, 3.05) is 18.5 Å². The first-order valence-electron chi connectivity index (χ1n) is 5.14. The first kappa shape index (κ1) is 14.3. The molecule has 0 bridgehead atoms. The normalized spacial score (nSPS) is 12.2. The average Bonchev–Trinajstić information content (AvgIpc) is 2.30. The molecule has 0 heterocycles. The van der Waals surface area contributed by atoms with Crippen LogP contribution in [0.5, 0.6) is 0 Å². The molecule has 0 saturated heterocycles. The number of aliphatic hydroxyl groups is 1. The molecule has 0 spiro atoms. The molecule has 0 saturated carbocycles. The highest BCUT2D eigenvalue weighted by molar-refractivity contribution is 6.35. The van der Waals surface area contributed by atoms with Crippen LogP contribution in [0, 0.1) is 0 Å². The lowest BCUT2D eigenvalue weighted by Crippen LogP contribution is -2.39. The summed E-state index contributed by atoms with van der Waals surface area (Å²) in [5.74, 6) is -0.234. The minimum Gasteiger partial charge on any atom is -0.395 e. The molecule has 4 nitrogen and oxygen atoms in total. The number of hydrogen-bond donors (Lipinski definition) is 3. The van der Waals surface area contributed by atoms with Gasteiger partial charge in [0, 0.05) is 11.6 Å². The van der Waals surface area contributed by atoms with Gasteiger partial charge in [-0.3, -0.25) is 4.79 Å². The molecule has 1 unspecified atom stereocenters. The number of benzene rings is 1. The molecular weight excluding hydrogens is 263 g/mol. The van der Waals surface area contributed by atoms with Crippen molar-refractivity contribution in [3.63, 3.8) is 0 Å². The second kappa shape index (κ2) is 6.81. The van der Waals surface area contributed by atoms with Gasteiger partial charge in [-0.1, -0.05) is 23.2 Å². The number of anilines is 1. The third-order valence-electron chi connectivity index (χ3n) is 2.14. The van der Waals surface area contributed by atoms with Gasteiger partial charge in [0.15, 0.2) is 0 Å². The van der Waals surface area contributed by atoms with Crippen LogP contribution in [0.2, 0.25) is 10.0 Å². The van der Waals surface area contributed by atoms with Gasteiger partial charge in [0.05, 0.1) is 23.4 Å². The highest BCUT2D eigenvalue weighted by Crippen LogP contribution is 2.25. The molecular formula is C11H14Cl2N2O2. The van der Waals surface area contributed by atoms with Crippen molar-refractivity contribution in [3.8, 4) is 0 Å². The Morgan fingerprint density at radius 2 is 2.18 bits per heavy atom. The van der Waals surface area contributed by atoms with Crippen molar-refractivity contribution in [2.24, 2.45) is 0 Å². The number of aliphatic hydroxyl groups excluding tert-OH is 1. The molecule has 0 radical (unpaired) electrons. The zero-order valence-corrected chi connectivity index (χ0v) is 10.8. The molecule has 0 fully saturated rings. The molecule has 0 aliphatic rings. The van der Waals surface area contributed by atoms with E-state index in [1.807, 2.05) is 0 Å². The first-order chi connectivity index (χ1) is 8.04. The number of carbonyl (C=O) groups excluding carboxylic acids is 1. The van der Waals surface area contributed by atoms with Crippen LogP contribution in [0.4, 0.5) is 5.69 Å². The smallest absolute Gasteiger partial charge is 0.241 e. The van der Waals surface area contributed by atoms with Gasteiger partial charge in [-0.05, 0) is 25.1 Å². The van der Waals surface area contributed by atoms with E-state index in [-0.39, 0.29) is 12.5 Å². The van der Waals surface area contributed by atoms with Crippen molar-refractivity contribution in [2.45, 2.75) is 13.0 Å². The number of hydrogen-bond acceptors (Lipinski definition) is 3. The van der Waals surface area contributed by atoms with Gasteiger partial charge in [-0.25, -0.2) is 0 Å². The third kappa shape index (κ3) is 4.52. The summed E-state index contributed by atoms with van der Waals surface area (Å²) in [6.07, 6.45) is 0. The van der Waals surface area contributed by atoms with E-state index in [2.05, 4.69) is 10.6 Å². The van der Waals surface area contributed by atoms with Crippen molar-refractivity contribution >= 4 is 34.8 Å². The maximum absolute atomic E-state index is 11.7. The van der Waals surface area contributed by atoms with Crippen LogP contribution in [-0.4, -0.2) is 30.2 Å². The molecule has 1 rings (SSSR count). The van der Waals surface area contributed by atoms with Crippen molar-refractivity contribution in [3.05, 3.63) is 28.2 Å². The summed E-state index contributed by atoms with van der Waals surface area (Å²) in [6, 6.07) is 4.43. The minimum atomic E-state index is -0.419. The van der Waals surface area contributed by atoms with E-state index < -0.39 is 6.04 Å². The van der Waals surface area contributed by atoms with Crippen molar-refractivity contribution in [1.82, 2.24) is 5.32 Å². The van der Waals surface area contributed by atoms with E-state index >= 15 is 0 Å². The topological polar surface area (TPSA) is 61.4 Å². The Kier molecular flexibility index (Phi) is 5.71. The van der Waals surface area contributed by atoms with E-state index in [0.717, 1.165) is 0 Å². The van der Waals surface area contributed by atoms with Gasteiger partial charge >= 0.3 is 0 Å². The van der Waals surface area contributed by atoms with Crippen LogP contribution >= 0.6 is 23.2 Å². The summed E-state index contributed by atoms with van der Waals surface area (Å²) in [5, 5.41) is 15.1. The molecule has 0 aliphatic carbocycles. The summed E-state index contributed by atoms with van der Waals surface area (Å²) < 4.78 is 0. The number of amides is 1. The minimum absolute atomic E-state index is 0.0183. The predicted molar refractivity (Wildman–Crippen MR) is 69.6 cm³/mol. The zero-order valence-electron chi connectivity index (χ0n) is 9.34. The fourth-order valence-electron chi connectivity index (χ4n) is 1.21. The number of nitrogens with one attached hydrogen (secondary N) is 2. The van der Waals surface area contributed by atoms with E-state index in [1.165, 1.54) is 0 Å². The Bertz CT molecular complexity index is 399. The molecule has 1 aromatic rings. The Morgan fingerprint density at radius 3 is 2.82 bits per heavy atom. The predicted octanol–water partition coefficient (Wildman–Crippen LogP) is 1.90. The first-order valence-corrected chi connectivity index (χ1v) is 5.90. The molecule has 0 aromatic heterocycles. The summed E-state index contributed by atoms with van der Waals surface area (Å²) in [7, 11) is 0. The maximum atomic E-state index is 11.7. The summed E-state index contributed by atoms with van der Waals surface area (Å²) in [6.45, 7) is 2.04. The zero-order chi connectivity index (χ0) is 12.8. The van der Waals surface area contributed by atoms with Gasteiger partial charge in [-0.15, -0.1) is 0 Å². The summed E-state index contributed by atoms with van der Waals surface area (Å²) in [5.41, 5.74) is 0.474. The number of halogens is 2. The van der Waals surface area contributed by atoms with Crippen LogP contribution in [-0.2, 0) is 4.79 Å². The summed E-state index contributed by atoms with van der Waals surface area (Å²) in [4.78, 5) is 11.7. The fourth-order valence-corrected chi connectivity index (χ4v) is 1.54. The molecule has 0 aliphatic heterocycles. The van der Waals surface area contributed by atoms with Gasteiger partial charge in [-0.2, -0.15) is 0 Å². The molecule has 94 valence electrons. The van der Waals surface area contributed by atoms with Gasteiger partial charge in [0.25, 0.3) is 0 Å². The van der Waals surface area contributed by atoms with Crippen LogP contribution in [0.25, 0.3) is 0 Å². The van der Waals surface area contributed by atoms with Crippen LogP contribution in [0.3, 0.4) is 0 Å². The molecule has 1 amide bonds. The molecule has 17 heavy (non-hydrogen) atoms. The average molecular weight is 277 g/mol. The standard InChI is InChI=1S/C11H14Cl2N2O2/c1-7(14-4-5-16)11(17)15-10-6-8(12)2-3-9(10)13/h2-3,6-7,14,16H,4-5H2,1H3,(H,15,17). The van der Waals surface area contributed by atoms with E-state index in [0.29, 0.717) is 22.3 Å². The van der Waals surface area contributed by atoms with Crippen LogP contribution < -0.4 is 10.6 Å². The van der Waals surface area contributed by atoms with Crippen molar-refractivity contribution in [1.29, 1.82) is 0 Å². The SMILES string of the molecule is CC(NCCO)C(=O)Nc1cc(Cl)ccc1Cl. The lowest BCUT2D eigenvalue weighted by molar-refractivity contribution is -0.117. The monoisotopic (exact) mass is 276 g/mol. The Balaban J connectivity index is 2.64. The van der Waals surface area contributed by atoms with E-state index in [9.17, 15) is 4.79 Å². The Labute approximate surface area is 110 Å². The molecule has 1 aromatic carbocycles. The lowest BCUT2D eigenvalue weighted by atomic mass is 10.2. The third-order valence-corrected chi connectivity index (χ3v) is 2.71. The molecule has 6 heteroatoms. The second-order valence-corrected chi connectivity index (χ2v) is 4.36. The molecule has 1 atom stereocenters. The largest absolute Gasteiger partial charge is 0.395 e. The fraction of sp³-hybridized carbons (Fsp3) is 0.364. The van der Waals surface area contributed by atoms with E-state index in [1.54, 1.807) is 25.1 Å². The quantitative estimate of drug-likeness (QED) is 0.770. The number of rotatable bonds is 5. The van der Waals surface area contributed by atoms with Gasteiger partial charge < -0.3 is 15.7 Å². The van der Waals surface area contributed by atoms with Crippen molar-refractivity contribution < 1.29 is 9.90 Å².